The normalized spacial score (nSPS) is 22.5. The van der Waals surface area contributed by atoms with Crippen LogP contribution in [-0.4, -0.2) is 71.3 Å². The molecule has 33 heavy (non-hydrogen) atoms. The van der Waals surface area contributed by atoms with Crippen LogP contribution in [-0.2, 0) is 22.6 Å². The van der Waals surface area contributed by atoms with Crippen LogP contribution in [0.1, 0.15) is 25.0 Å². The molecule has 0 radical (unpaired) electrons. The van der Waals surface area contributed by atoms with Crippen LogP contribution in [0.2, 0.25) is 0 Å². The Morgan fingerprint density at radius 1 is 0.848 bits per heavy atom. The molecule has 0 unspecified atom stereocenters. The smallest absolute Gasteiger partial charge is 0.333 e. The third-order valence-electron chi connectivity index (χ3n) is 7.40. The molecule has 172 valence electrons. The lowest BCUT2D eigenvalue weighted by atomic mass is 9.67. The highest BCUT2D eigenvalue weighted by atomic mass is 16.2. The largest absolute Gasteiger partial charge is 0.364 e. The van der Waals surface area contributed by atoms with E-state index < -0.39 is 11.4 Å². The number of para-hydroxylation sites is 1. The second kappa shape index (κ2) is 8.30. The van der Waals surface area contributed by atoms with Crippen LogP contribution in [0.3, 0.4) is 0 Å². The zero-order chi connectivity index (χ0) is 23.2. The average molecular weight is 447 g/mol. The van der Waals surface area contributed by atoms with Crippen LogP contribution in [0.15, 0.2) is 54.6 Å². The van der Waals surface area contributed by atoms with Gasteiger partial charge in [0.25, 0.3) is 0 Å². The predicted molar refractivity (Wildman–Crippen MR) is 126 cm³/mol. The van der Waals surface area contributed by atoms with Gasteiger partial charge in [-0.2, -0.15) is 0 Å². The Balaban J connectivity index is 1.59. The fraction of sp³-hybridized carbons (Fsp3) is 0.423. The first kappa shape index (κ1) is 21.6. The third-order valence-corrected chi connectivity index (χ3v) is 7.40. The van der Waals surface area contributed by atoms with Crippen molar-refractivity contribution in [2.45, 2.75) is 32.9 Å². The number of barbiturate groups is 1. The first-order valence-electron chi connectivity index (χ1n) is 11.8. The summed E-state index contributed by atoms with van der Waals surface area (Å²) in [5.74, 6) is -0.702. The van der Waals surface area contributed by atoms with Crippen molar-refractivity contribution in [1.82, 2.24) is 14.7 Å². The topological polar surface area (TPSA) is 64.2 Å². The van der Waals surface area contributed by atoms with Crippen molar-refractivity contribution in [3.63, 3.8) is 0 Å². The fourth-order valence-corrected chi connectivity index (χ4v) is 5.78. The molecule has 3 heterocycles. The number of anilines is 1. The standard InChI is InChI=1S/C26H30N4O3/c1-3-28-23(31)26(24(32)29(4-2)25(28)33)16-20-12-8-9-13-21(20)30-15-14-27(18-22(26)30)17-19-10-6-5-7-11-19/h5-13,22H,3-4,14-18H2,1-2H3/t22-/m1/s1. The number of carbonyl (C=O) groups is 3. The monoisotopic (exact) mass is 446 g/mol. The highest BCUT2D eigenvalue weighted by Gasteiger charge is 2.64. The van der Waals surface area contributed by atoms with Gasteiger partial charge in [0.1, 0.15) is 0 Å². The van der Waals surface area contributed by atoms with E-state index in [0.717, 1.165) is 30.9 Å². The summed E-state index contributed by atoms with van der Waals surface area (Å²) in [5, 5.41) is 0. The van der Waals surface area contributed by atoms with Crippen molar-refractivity contribution < 1.29 is 14.4 Å². The van der Waals surface area contributed by atoms with E-state index in [2.05, 4.69) is 28.0 Å². The molecule has 0 N–H and O–H groups in total. The Morgan fingerprint density at radius 2 is 1.48 bits per heavy atom. The number of carbonyl (C=O) groups excluding carboxylic acids is 3. The summed E-state index contributed by atoms with van der Waals surface area (Å²) in [6, 6.07) is 17.5. The number of benzene rings is 2. The molecule has 3 aliphatic heterocycles. The maximum Gasteiger partial charge on any atom is 0.333 e. The molecule has 2 aromatic carbocycles. The molecule has 2 aromatic rings. The van der Waals surface area contributed by atoms with Crippen LogP contribution >= 0.6 is 0 Å². The minimum atomic E-state index is -1.30. The van der Waals surface area contributed by atoms with Gasteiger partial charge in [-0.25, -0.2) is 4.79 Å². The molecule has 1 spiro atoms. The van der Waals surface area contributed by atoms with Crippen molar-refractivity contribution in [3.05, 3.63) is 65.7 Å². The van der Waals surface area contributed by atoms with Crippen molar-refractivity contribution in [2.24, 2.45) is 5.41 Å². The van der Waals surface area contributed by atoms with E-state index in [9.17, 15) is 14.4 Å². The van der Waals surface area contributed by atoms with Gasteiger partial charge in [-0.05, 0) is 37.5 Å². The van der Waals surface area contributed by atoms with Gasteiger partial charge >= 0.3 is 6.03 Å². The minimum absolute atomic E-state index is 0.255. The highest BCUT2D eigenvalue weighted by Crippen LogP contribution is 2.47. The van der Waals surface area contributed by atoms with E-state index in [1.54, 1.807) is 13.8 Å². The van der Waals surface area contributed by atoms with Gasteiger partial charge in [-0.3, -0.25) is 24.3 Å². The quantitative estimate of drug-likeness (QED) is 0.676. The number of hydrogen-bond acceptors (Lipinski definition) is 5. The van der Waals surface area contributed by atoms with E-state index in [-0.39, 0.29) is 30.9 Å². The molecule has 3 aliphatic rings. The van der Waals surface area contributed by atoms with Gasteiger partial charge in [-0.1, -0.05) is 48.5 Å². The Bertz CT molecular complexity index is 1060. The maximum absolute atomic E-state index is 14.0. The number of hydrogen-bond donors (Lipinski definition) is 0. The van der Waals surface area contributed by atoms with Crippen LogP contribution in [0.4, 0.5) is 10.5 Å². The van der Waals surface area contributed by atoms with Gasteiger partial charge in [0.05, 0.1) is 6.04 Å². The van der Waals surface area contributed by atoms with Crippen LogP contribution in [0.25, 0.3) is 0 Å². The molecular formula is C26H30N4O3. The van der Waals surface area contributed by atoms with Gasteiger partial charge in [-0.15, -0.1) is 0 Å². The Labute approximate surface area is 194 Å². The number of nitrogens with zero attached hydrogens (tertiary/aromatic N) is 4. The first-order valence-corrected chi connectivity index (χ1v) is 11.8. The molecule has 0 saturated carbocycles. The van der Waals surface area contributed by atoms with E-state index in [4.69, 9.17) is 0 Å². The SMILES string of the molecule is CCN1C(=O)N(CC)C(=O)C2(Cc3ccccc3N3CCN(Cc4ccccc4)C[C@@H]32)C1=O. The van der Waals surface area contributed by atoms with E-state index in [0.29, 0.717) is 13.0 Å². The molecule has 7 heteroatoms. The van der Waals surface area contributed by atoms with Crippen LogP contribution < -0.4 is 4.90 Å². The molecule has 4 amide bonds. The molecule has 0 aromatic heterocycles. The molecule has 1 atom stereocenters. The number of rotatable bonds is 4. The predicted octanol–water partition coefficient (Wildman–Crippen LogP) is 2.75. The molecule has 5 rings (SSSR count). The Kier molecular flexibility index (Phi) is 5.44. The number of piperazine rings is 1. The van der Waals surface area contributed by atoms with Gasteiger partial charge < -0.3 is 4.90 Å². The van der Waals surface area contributed by atoms with Crippen LogP contribution in [0.5, 0.6) is 0 Å². The molecule has 2 fully saturated rings. The molecule has 0 aliphatic carbocycles. The summed E-state index contributed by atoms with van der Waals surface area (Å²) < 4.78 is 0. The zero-order valence-corrected chi connectivity index (χ0v) is 19.2. The summed E-state index contributed by atoms with van der Waals surface area (Å²) >= 11 is 0. The molecule has 0 bridgehead atoms. The van der Waals surface area contributed by atoms with Crippen molar-refractivity contribution in [1.29, 1.82) is 0 Å². The van der Waals surface area contributed by atoms with Crippen molar-refractivity contribution >= 4 is 23.5 Å². The first-order chi connectivity index (χ1) is 16.0. The van der Waals surface area contributed by atoms with E-state index in [1.807, 2.05) is 36.4 Å². The second-order valence-corrected chi connectivity index (χ2v) is 9.09. The molecule has 7 nitrogen and oxygen atoms in total. The Morgan fingerprint density at radius 3 is 2.15 bits per heavy atom. The maximum atomic E-state index is 14.0. The van der Waals surface area contributed by atoms with Gasteiger partial charge in [0, 0.05) is 45.0 Å². The second-order valence-electron chi connectivity index (χ2n) is 9.09. The van der Waals surface area contributed by atoms with Crippen molar-refractivity contribution in [2.75, 3.05) is 37.6 Å². The lowest BCUT2D eigenvalue weighted by Gasteiger charge is -2.56. The number of urea groups is 1. The van der Waals surface area contributed by atoms with Gasteiger partial charge in [0.2, 0.25) is 11.8 Å². The summed E-state index contributed by atoms with van der Waals surface area (Å²) in [6.07, 6.45) is 0.321. The number of amides is 4. The van der Waals surface area contributed by atoms with Gasteiger partial charge in [0.15, 0.2) is 5.41 Å². The number of imide groups is 2. The zero-order valence-electron chi connectivity index (χ0n) is 19.2. The minimum Gasteiger partial charge on any atom is -0.364 e. The summed E-state index contributed by atoms with van der Waals surface area (Å²) in [4.78, 5) is 48.0. The summed E-state index contributed by atoms with van der Waals surface area (Å²) in [6.45, 7) is 7.02. The van der Waals surface area contributed by atoms with Crippen molar-refractivity contribution in [3.8, 4) is 0 Å². The summed E-state index contributed by atoms with van der Waals surface area (Å²) in [7, 11) is 0. The molecular weight excluding hydrogens is 416 g/mol. The number of fused-ring (bicyclic) bond motifs is 4. The lowest BCUT2D eigenvalue weighted by molar-refractivity contribution is -0.161. The van der Waals surface area contributed by atoms with E-state index in [1.165, 1.54) is 15.4 Å². The molecule has 2 saturated heterocycles. The highest BCUT2D eigenvalue weighted by molar-refractivity contribution is 6.20. The third kappa shape index (κ3) is 3.25. The Hall–Kier alpha value is -3.19. The fourth-order valence-electron chi connectivity index (χ4n) is 5.78. The lowest BCUT2D eigenvalue weighted by Crippen LogP contribution is -2.75. The average Bonchev–Trinajstić information content (AvgIpc) is 2.84. The summed E-state index contributed by atoms with van der Waals surface area (Å²) in [5.41, 5.74) is 1.99. The van der Waals surface area contributed by atoms with Crippen LogP contribution in [0, 0.1) is 5.41 Å². The van der Waals surface area contributed by atoms with E-state index >= 15 is 0 Å².